The van der Waals surface area contributed by atoms with E-state index in [2.05, 4.69) is 13.0 Å². The smallest absolute Gasteiger partial charge is 0.205 e. The third-order valence-electron chi connectivity index (χ3n) is 8.02. The van der Waals surface area contributed by atoms with Gasteiger partial charge in [0, 0.05) is 5.41 Å². The maximum absolute atomic E-state index is 14.0. The van der Waals surface area contributed by atoms with Crippen molar-refractivity contribution in [2.45, 2.75) is 71.1 Å². The van der Waals surface area contributed by atoms with Gasteiger partial charge in [0.25, 0.3) is 0 Å². The van der Waals surface area contributed by atoms with E-state index in [-0.39, 0.29) is 0 Å². The lowest BCUT2D eigenvalue weighted by Gasteiger charge is -2.60. The molecule has 1 nitrogen and oxygen atoms in total. The number of fused-ring (bicyclic) bond motifs is 5. The lowest BCUT2D eigenvalue weighted by molar-refractivity contribution is -0.155. The fraction of sp³-hybridized carbons (Fsp3) is 0.895. The number of aliphatic hydroxyl groups excluding tert-OH is 1. The van der Waals surface area contributed by atoms with Gasteiger partial charge in [0.15, 0.2) is 0 Å². The summed E-state index contributed by atoms with van der Waals surface area (Å²) in [6.07, 6.45) is 13.7. The number of alkyl halides is 1. The van der Waals surface area contributed by atoms with Crippen molar-refractivity contribution in [1.29, 1.82) is 0 Å². The molecule has 0 bridgehead atoms. The number of hydrogen-bond acceptors (Lipinski definition) is 1. The molecule has 0 saturated heterocycles. The van der Waals surface area contributed by atoms with Crippen LogP contribution in [0.25, 0.3) is 0 Å². The first-order valence-electron chi connectivity index (χ1n) is 9.08. The van der Waals surface area contributed by atoms with E-state index in [1.54, 1.807) is 0 Å². The first-order valence-corrected chi connectivity index (χ1v) is 9.08. The Morgan fingerprint density at radius 3 is 2.76 bits per heavy atom. The van der Waals surface area contributed by atoms with E-state index in [0.717, 1.165) is 31.1 Å². The average Bonchev–Trinajstić information content (AvgIpc) is 2.92. The van der Waals surface area contributed by atoms with Crippen molar-refractivity contribution >= 4 is 0 Å². The summed E-state index contributed by atoms with van der Waals surface area (Å²) in [7, 11) is 0. The number of halogens is 1. The highest BCUT2D eigenvalue weighted by Gasteiger charge is 2.59. The third kappa shape index (κ3) is 1.84. The van der Waals surface area contributed by atoms with E-state index in [9.17, 15) is 9.50 Å². The Kier molecular flexibility index (Phi) is 3.26. The molecule has 2 heteroatoms. The predicted octanol–water partition coefficient (Wildman–Crippen LogP) is 4.85. The van der Waals surface area contributed by atoms with Gasteiger partial charge in [-0.15, -0.1) is 0 Å². The van der Waals surface area contributed by atoms with Crippen LogP contribution in [-0.2, 0) is 0 Å². The molecule has 2 unspecified atom stereocenters. The molecule has 118 valence electrons. The SMILES string of the molecule is C[C@]12CCCCC1CC[C@@H]1[C@@H]2CC[C@]2(C(O)F)C=CC[C@@H]12. The molecule has 0 radical (unpaired) electrons. The summed E-state index contributed by atoms with van der Waals surface area (Å²) in [6.45, 7) is 2.54. The summed E-state index contributed by atoms with van der Waals surface area (Å²) in [6, 6.07) is 0. The quantitative estimate of drug-likeness (QED) is 0.685. The lowest BCUT2D eigenvalue weighted by atomic mass is 9.45. The molecule has 0 aromatic rings. The van der Waals surface area contributed by atoms with Gasteiger partial charge >= 0.3 is 0 Å². The second-order valence-corrected chi connectivity index (χ2v) is 8.53. The number of aliphatic hydroxyl groups is 1. The van der Waals surface area contributed by atoms with Gasteiger partial charge in [-0.05, 0) is 74.0 Å². The maximum Gasteiger partial charge on any atom is 0.205 e. The average molecular weight is 292 g/mol. The maximum atomic E-state index is 14.0. The van der Waals surface area contributed by atoms with Crippen molar-refractivity contribution in [2.75, 3.05) is 0 Å². The normalized spacial score (nSPS) is 53.7. The zero-order valence-electron chi connectivity index (χ0n) is 13.2. The number of hydrogen-bond donors (Lipinski definition) is 1. The molecule has 0 aromatic carbocycles. The molecule has 4 aliphatic carbocycles. The van der Waals surface area contributed by atoms with Crippen molar-refractivity contribution in [3.05, 3.63) is 12.2 Å². The molecule has 3 fully saturated rings. The van der Waals surface area contributed by atoms with Crippen LogP contribution in [0.15, 0.2) is 12.2 Å². The van der Waals surface area contributed by atoms with Crippen molar-refractivity contribution in [1.82, 2.24) is 0 Å². The van der Waals surface area contributed by atoms with Crippen molar-refractivity contribution in [3.63, 3.8) is 0 Å². The highest BCUT2D eigenvalue weighted by atomic mass is 19.1. The van der Waals surface area contributed by atoms with Gasteiger partial charge in [-0.25, -0.2) is 4.39 Å². The second kappa shape index (κ2) is 4.81. The molecule has 0 aliphatic heterocycles. The van der Waals surface area contributed by atoms with Crippen LogP contribution in [0, 0.1) is 34.5 Å². The summed E-state index contributed by atoms with van der Waals surface area (Å²) >= 11 is 0. The molecule has 3 saturated carbocycles. The van der Waals surface area contributed by atoms with Gasteiger partial charge in [0.1, 0.15) is 0 Å². The second-order valence-electron chi connectivity index (χ2n) is 8.53. The lowest BCUT2D eigenvalue weighted by Crippen LogP contribution is -2.54. The van der Waals surface area contributed by atoms with Crippen LogP contribution in [-0.4, -0.2) is 11.5 Å². The standard InChI is InChI=1S/C19H29FO/c1-18-10-3-2-5-13(18)7-8-14-15(18)9-12-19(17(20)21)11-4-6-16(14)19/h4,11,13-17,21H,2-3,5-10,12H2,1H3/t13?,14-,15+,16+,17?,18+,19-/m1/s1. The third-order valence-corrected chi connectivity index (χ3v) is 8.02. The van der Waals surface area contributed by atoms with E-state index in [1.165, 1.54) is 38.5 Å². The Morgan fingerprint density at radius 2 is 1.95 bits per heavy atom. The molecule has 0 amide bonds. The van der Waals surface area contributed by atoms with Crippen molar-refractivity contribution < 1.29 is 9.50 Å². The topological polar surface area (TPSA) is 20.2 Å². The summed E-state index contributed by atoms with van der Waals surface area (Å²) in [4.78, 5) is 0. The van der Waals surface area contributed by atoms with Crippen LogP contribution in [0.2, 0.25) is 0 Å². The van der Waals surface area contributed by atoms with E-state index >= 15 is 0 Å². The number of allylic oxidation sites excluding steroid dienone is 1. The van der Waals surface area contributed by atoms with Crippen molar-refractivity contribution in [3.8, 4) is 0 Å². The molecule has 1 N–H and O–H groups in total. The monoisotopic (exact) mass is 292 g/mol. The molecule has 0 heterocycles. The van der Waals surface area contributed by atoms with E-state index in [1.807, 2.05) is 6.08 Å². The van der Waals surface area contributed by atoms with Crippen LogP contribution in [0.1, 0.15) is 64.7 Å². The molecular weight excluding hydrogens is 263 g/mol. The summed E-state index contributed by atoms with van der Waals surface area (Å²) in [5.41, 5.74) is -0.0454. The predicted molar refractivity (Wildman–Crippen MR) is 82.3 cm³/mol. The van der Waals surface area contributed by atoms with E-state index in [0.29, 0.717) is 17.3 Å². The van der Waals surface area contributed by atoms with Gasteiger partial charge in [-0.3, -0.25) is 0 Å². The highest BCUT2D eigenvalue weighted by Crippen LogP contribution is 2.65. The zero-order chi connectivity index (χ0) is 14.7. The van der Waals surface area contributed by atoms with E-state index in [4.69, 9.17) is 0 Å². The van der Waals surface area contributed by atoms with Crippen LogP contribution in [0.5, 0.6) is 0 Å². The fourth-order valence-corrected chi connectivity index (χ4v) is 6.90. The largest absolute Gasteiger partial charge is 0.363 e. The van der Waals surface area contributed by atoms with Gasteiger partial charge in [-0.2, -0.15) is 0 Å². The van der Waals surface area contributed by atoms with Gasteiger partial charge in [0.05, 0.1) is 0 Å². The van der Waals surface area contributed by atoms with Gasteiger partial charge < -0.3 is 5.11 Å². The van der Waals surface area contributed by atoms with Gasteiger partial charge in [0.2, 0.25) is 6.36 Å². The van der Waals surface area contributed by atoms with Crippen LogP contribution in [0.4, 0.5) is 4.39 Å². The van der Waals surface area contributed by atoms with E-state index < -0.39 is 11.8 Å². The van der Waals surface area contributed by atoms with Gasteiger partial charge in [-0.1, -0.05) is 31.9 Å². The first kappa shape index (κ1) is 14.2. The van der Waals surface area contributed by atoms with Crippen molar-refractivity contribution in [2.24, 2.45) is 34.5 Å². The number of rotatable bonds is 1. The minimum Gasteiger partial charge on any atom is -0.363 e. The first-order chi connectivity index (χ1) is 10.1. The zero-order valence-corrected chi connectivity index (χ0v) is 13.2. The van der Waals surface area contributed by atoms with Crippen LogP contribution < -0.4 is 0 Å². The summed E-state index contributed by atoms with van der Waals surface area (Å²) in [5, 5.41) is 9.81. The van der Waals surface area contributed by atoms with Crippen LogP contribution >= 0.6 is 0 Å². The minimum absolute atomic E-state index is 0.357. The molecule has 7 atom stereocenters. The Hall–Kier alpha value is -0.370. The fourth-order valence-electron chi connectivity index (χ4n) is 6.90. The Labute approximate surface area is 128 Å². The Morgan fingerprint density at radius 1 is 1.10 bits per heavy atom. The summed E-state index contributed by atoms with van der Waals surface area (Å²) < 4.78 is 14.0. The highest BCUT2D eigenvalue weighted by molar-refractivity contribution is 5.18. The molecular formula is C19H29FO. The molecule has 4 rings (SSSR count). The van der Waals surface area contributed by atoms with Crippen LogP contribution in [0.3, 0.4) is 0 Å². The molecule has 21 heavy (non-hydrogen) atoms. The molecule has 0 spiro atoms. The minimum atomic E-state index is -1.67. The summed E-state index contributed by atoms with van der Waals surface area (Å²) in [5.74, 6) is 2.67. The Bertz CT molecular complexity index is 445. The molecule has 0 aromatic heterocycles. The molecule has 4 aliphatic rings. The Balaban J connectivity index is 1.65.